The first-order valence-corrected chi connectivity index (χ1v) is 3.51. The molecular formula is C7H10F3N3. The Hall–Kier alpha value is -1.25. The van der Waals surface area contributed by atoms with Gasteiger partial charge in [-0.2, -0.15) is 18.4 Å². The van der Waals surface area contributed by atoms with Crippen molar-refractivity contribution in [3.05, 3.63) is 0 Å². The second-order valence-corrected chi connectivity index (χ2v) is 2.46. The Kier molecular flexibility index (Phi) is 3.72. The van der Waals surface area contributed by atoms with E-state index in [1.54, 1.807) is 6.07 Å². The number of hydrogen-bond donors (Lipinski definition) is 0. The van der Waals surface area contributed by atoms with Crippen molar-refractivity contribution in [2.24, 2.45) is 4.99 Å². The summed E-state index contributed by atoms with van der Waals surface area (Å²) in [6, 6.07) is 0.850. The quantitative estimate of drug-likeness (QED) is 0.466. The summed E-state index contributed by atoms with van der Waals surface area (Å²) in [5.74, 6) is -1.04. The number of aliphatic imine (C=N–C) groups is 1. The molecule has 0 bridgehead atoms. The fourth-order valence-corrected chi connectivity index (χ4v) is 0.755. The average Bonchev–Trinajstić information content (AvgIpc) is 2.01. The van der Waals surface area contributed by atoms with Crippen LogP contribution in [0.2, 0.25) is 0 Å². The van der Waals surface area contributed by atoms with Gasteiger partial charge in [-0.3, -0.25) is 4.99 Å². The highest BCUT2D eigenvalue weighted by Crippen LogP contribution is 2.20. The number of rotatable bonds is 1. The number of amidine groups is 1. The van der Waals surface area contributed by atoms with Gasteiger partial charge in [-0.25, -0.2) is 0 Å². The maximum atomic E-state index is 12.2. The number of nitrogens with zero attached hydrogens (tertiary/aromatic N) is 3. The van der Waals surface area contributed by atoms with Crippen LogP contribution in [0.3, 0.4) is 0 Å². The van der Waals surface area contributed by atoms with E-state index in [-0.39, 0.29) is 0 Å². The lowest BCUT2D eigenvalue weighted by molar-refractivity contribution is -0.0685. The number of alkyl halides is 3. The normalized spacial score (nSPS) is 15.0. The van der Waals surface area contributed by atoms with E-state index < -0.39 is 18.1 Å². The predicted molar refractivity (Wildman–Crippen MR) is 42.3 cm³/mol. The van der Waals surface area contributed by atoms with Crippen molar-refractivity contribution in [1.82, 2.24) is 4.90 Å². The molecule has 0 saturated heterocycles. The number of nitriles is 1. The first-order valence-electron chi connectivity index (χ1n) is 3.51. The van der Waals surface area contributed by atoms with Crippen LogP contribution in [0.15, 0.2) is 4.99 Å². The summed E-state index contributed by atoms with van der Waals surface area (Å²) >= 11 is 0. The molecule has 0 aliphatic heterocycles. The molecule has 0 amide bonds. The van der Waals surface area contributed by atoms with Crippen LogP contribution < -0.4 is 0 Å². The summed E-state index contributed by atoms with van der Waals surface area (Å²) in [6.45, 7) is 1.37. The van der Waals surface area contributed by atoms with Crippen LogP contribution in [0.5, 0.6) is 0 Å². The second-order valence-electron chi connectivity index (χ2n) is 2.46. The van der Waals surface area contributed by atoms with Gasteiger partial charge in [0.2, 0.25) is 5.84 Å². The van der Waals surface area contributed by atoms with Gasteiger partial charge in [0, 0.05) is 14.1 Å². The molecule has 0 N–H and O–H groups in total. The largest absolute Gasteiger partial charge is 0.449 e. The van der Waals surface area contributed by atoms with E-state index in [4.69, 9.17) is 5.26 Å². The summed E-state index contributed by atoms with van der Waals surface area (Å²) in [5, 5.41) is 8.40. The van der Waals surface area contributed by atoms with Gasteiger partial charge < -0.3 is 4.90 Å². The maximum absolute atomic E-state index is 12.2. The summed E-state index contributed by atoms with van der Waals surface area (Å²) in [5.41, 5.74) is 0. The highest BCUT2D eigenvalue weighted by molar-refractivity contribution is 5.87. The molecule has 1 atom stereocenters. The Morgan fingerprint density at radius 2 is 2.00 bits per heavy atom. The first-order chi connectivity index (χ1) is 5.84. The van der Waals surface area contributed by atoms with Gasteiger partial charge >= 0.3 is 6.18 Å². The van der Waals surface area contributed by atoms with Crippen LogP contribution in [0, 0.1) is 11.3 Å². The van der Waals surface area contributed by atoms with Crippen molar-refractivity contribution < 1.29 is 13.2 Å². The van der Waals surface area contributed by atoms with E-state index in [0.717, 1.165) is 11.9 Å². The van der Waals surface area contributed by atoms with Crippen LogP contribution in [0.1, 0.15) is 6.92 Å². The van der Waals surface area contributed by atoms with Gasteiger partial charge in [-0.1, -0.05) is 0 Å². The molecule has 3 nitrogen and oxygen atoms in total. The van der Waals surface area contributed by atoms with Crippen molar-refractivity contribution in [2.45, 2.75) is 19.1 Å². The lowest BCUT2D eigenvalue weighted by Crippen LogP contribution is -2.43. The summed E-state index contributed by atoms with van der Waals surface area (Å²) in [6.07, 6.45) is -4.51. The van der Waals surface area contributed by atoms with Gasteiger partial charge in [0.1, 0.15) is 6.04 Å². The van der Waals surface area contributed by atoms with Crippen molar-refractivity contribution >= 4 is 5.84 Å². The molecule has 0 rings (SSSR count). The Balaban J connectivity index is 4.75. The maximum Gasteiger partial charge on any atom is 0.449 e. The lowest BCUT2D eigenvalue weighted by Gasteiger charge is -2.24. The van der Waals surface area contributed by atoms with E-state index in [0.29, 0.717) is 0 Å². The minimum absolute atomic E-state index is 0.792. The monoisotopic (exact) mass is 193 g/mol. The van der Waals surface area contributed by atoms with E-state index in [2.05, 4.69) is 4.99 Å². The van der Waals surface area contributed by atoms with Crippen LogP contribution in [-0.2, 0) is 0 Å². The highest BCUT2D eigenvalue weighted by Gasteiger charge is 2.39. The molecule has 0 heterocycles. The van der Waals surface area contributed by atoms with Crippen molar-refractivity contribution in [3.8, 4) is 6.07 Å². The Labute approximate surface area is 74.5 Å². The summed E-state index contributed by atoms with van der Waals surface area (Å²) in [4.78, 5) is 3.89. The minimum atomic E-state index is -4.51. The molecule has 0 aromatic heterocycles. The molecular weight excluding hydrogens is 183 g/mol. The van der Waals surface area contributed by atoms with Gasteiger partial charge in [0.05, 0.1) is 6.07 Å². The van der Waals surface area contributed by atoms with E-state index in [9.17, 15) is 13.2 Å². The van der Waals surface area contributed by atoms with Gasteiger partial charge in [0.15, 0.2) is 0 Å². The molecule has 0 spiro atoms. The fourth-order valence-electron chi connectivity index (χ4n) is 0.755. The number of hydrogen-bond acceptors (Lipinski definition) is 2. The smallest absolute Gasteiger partial charge is 0.340 e. The van der Waals surface area contributed by atoms with Gasteiger partial charge in [-0.05, 0) is 6.92 Å². The molecule has 13 heavy (non-hydrogen) atoms. The zero-order valence-electron chi connectivity index (χ0n) is 7.55. The molecule has 0 radical (unpaired) electrons. The van der Waals surface area contributed by atoms with Crippen molar-refractivity contribution in [1.29, 1.82) is 5.26 Å². The molecule has 0 saturated carbocycles. The van der Waals surface area contributed by atoms with Crippen molar-refractivity contribution in [2.75, 3.05) is 14.1 Å². The van der Waals surface area contributed by atoms with E-state index in [1.165, 1.54) is 14.0 Å². The first kappa shape index (κ1) is 11.8. The second kappa shape index (κ2) is 4.12. The van der Waals surface area contributed by atoms with E-state index >= 15 is 0 Å². The van der Waals surface area contributed by atoms with Crippen molar-refractivity contribution in [3.63, 3.8) is 0 Å². The third kappa shape index (κ3) is 2.93. The zero-order chi connectivity index (χ0) is 10.6. The third-order valence-corrected chi connectivity index (χ3v) is 1.57. The molecule has 0 aliphatic rings. The van der Waals surface area contributed by atoms with Crippen LogP contribution in [-0.4, -0.2) is 37.0 Å². The molecule has 0 aromatic rings. The Morgan fingerprint density at radius 1 is 1.54 bits per heavy atom. The predicted octanol–water partition coefficient (Wildman–Crippen LogP) is 1.42. The standard InChI is InChI=1S/C7H10F3N3/c1-5(4-11)13(3)6(12-2)7(8,9)10/h5H,1-3H3. The lowest BCUT2D eigenvalue weighted by atomic mass is 10.3. The fraction of sp³-hybridized carbons (Fsp3) is 0.714. The van der Waals surface area contributed by atoms with Gasteiger partial charge in [-0.15, -0.1) is 0 Å². The molecule has 0 aliphatic carbocycles. The van der Waals surface area contributed by atoms with Crippen LogP contribution in [0.4, 0.5) is 13.2 Å². The molecule has 0 fully saturated rings. The number of halogens is 3. The summed E-state index contributed by atoms with van der Waals surface area (Å²) in [7, 11) is 2.23. The minimum Gasteiger partial charge on any atom is -0.340 e. The molecule has 0 aromatic carbocycles. The van der Waals surface area contributed by atoms with Gasteiger partial charge in [0.25, 0.3) is 0 Å². The molecule has 6 heteroatoms. The topological polar surface area (TPSA) is 39.4 Å². The van der Waals surface area contributed by atoms with Crippen LogP contribution in [0.25, 0.3) is 0 Å². The molecule has 74 valence electrons. The Morgan fingerprint density at radius 3 is 2.23 bits per heavy atom. The average molecular weight is 193 g/mol. The third-order valence-electron chi connectivity index (χ3n) is 1.57. The Bertz CT molecular complexity index is 238. The van der Waals surface area contributed by atoms with Crippen LogP contribution >= 0.6 is 0 Å². The zero-order valence-corrected chi connectivity index (χ0v) is 7.55. The van der Waals surface area contributed by atoms with E-state index in [1.807, 2.05) is 0 Å². The SMILES string of the molecule is CN=C(N(C)C(C)C#N)C(F)(F)F. The highest BCUT2D eigenvalue weighted by atomic mass is 19.4. The summed E-state index contributed by atoms with van der Waals surface area (Å²) < 4.78 is 36.6. The molecule has 1 unspecified atom stereocenters.